The molecule has 1 N–H and O–H groups in total. The highest BCUT2D eigenvalue weighted by molar-refractivity contribution is 5.52. The van der Waals surface area contributed by atoms with Crippen LogP contribution in [0.3, 0.4) is 0 Å². The maximum absolute atomic E-state index is 13.9. The lowest BCUT2D eigenvalue weighted by atomic mass is 9.69. The van der Waals surface area contributed by atoms with Gasteiger partial charge in [0.25, 0.3) is 0 Å². The Balaban J connectivity index is 1.95. The minimum absolute atomic E-state index is 0.124. The van der Waals surface area contributed by atoms with Gasteiger partial charge in [-0.1, -0.05) is 39.3 Å². The third-order valence-corrected chi connectivity index (χ3v) is 5.31. The van der Waals surface area contributed by atoms with Gasteiger partial charge in [-0.2, -0.15) is 0 Å². The molecule has 1 aromatic rings. The van der Waals surface area contributed by atoms with E-state index in [0.717, 1.165) is 24.3 Å². The highest BCUT2D eigenvalue weighted by atomic mass is 19.1. The molecule has 0 amide bonds. The van der Waals surface area contributed by atoms with Crippen molar-refractivity contribution in [2.45, 2.75) is 65.8 Å². The maximum atomic E-state index is 13.9. The number of nitrogens with one attached hydrogen (secondary N) is 1. The topological polar surface area (TPSA) is 12.0 Å². The molecule has 20 heavy (non-hydrogen) atoms. The van der Waals surface area contributed by atoms with Gasteiger partial charge >= 0.3 is 0 Å². The summed E-state index contributed by atoms with van der Waals surface area (Å²) in [4.78, 5) is 0. The van der Waals surface area contributed by atoms with Gasteiger partial charge in [-0.25, -0.2) is 4.39 Å². The van der Waals surface area contributed by atoms with Gasteiger partial charge in [0.05, 0.1) is 5.69 Å². The molecule has 1 fully saturated rings. The number of hydrogen-bond donors (Lipinski definition) is 1. The van der Waals surface area contributed by atoms with Crippen LogP contribution in [-0.2, 0) is 0 Å². The number of aryl methyl sites for hydroxylation is 1. The largest absolute Gasteiger partial charge is 0.380 e. The van der Waals surface area contributed by atoms with Crippen LogP contribution in [0.4, 0.5) is 10.1 Å². The SMILES string of the molecule is CCC(C)(C)C1CCC(Nc2c(C)cccc2F)CC1. The van der Waals surface area contributed by atoms with Gasteiger partial charge in [-0.05, 0) is 55.6 Å². The van der Waals surface area contributed by atoms with Gasteiger partial charge in [-0.3, -0.25) is 0 Å². The molecular formula is C18H28FN. The summed E-state index contributed by atoms with van der Waals surface area (Å²) in [5.74, 6) is 0.688. The number of halogens is 1. The Kier molecular flexibility index (Phi) is 4.72. The lowest BCUT2D eigenvalue weighted by Gasteiger charge is -2.39. The number of benzene rings is 1. The molecule has 0 aliphatic heterocycles. The van der Waals surface area contributed by atoms with Crippen molar-refractivity contribution < 1.29 is 4.39 Å². The molecule has 1 aromatic carbocycles. The molecule has 2 rings (SSSR count). The molecule has 1 aliphatic rings. The quantitative estimate of drug-likeness (QED) is 0.761. The van der Waals surface area contributed by atoms with Crippen molar-refractivity contribution in [3.05, 3.63) is 29.6 Å². The Labute approximate surface area is 123 Å². The van der Waals surface area contributed by atoms with Crippen LogP contribution in [0.5, 0.6) is 0 Å². The molecule has 112 valence electrons. The second-order valence-corrected chi connectivity index (χ2v) is 6.97. The molecule has 0 heterocycles. The monoisotopic (exact) mass is 277 g/mol. The summed E-state index contributed by atoms with van der Waals surface area (Å²) in [7, 11) is 0. The van der Waals surface area contributed by atoms with Crippen molar-refractivity contribution in [2.75, 3.05) is 5.32 Å². The fourth-order valence-electron chi connectivity index (χ4n) is 3.33. The Morgan fingerprint density at radius 2 is 1.85 bits per heavy atom. The van der Waals surface area contributed by atoms with Gasteiger partial charge < -0.3 is 5.32 Å². The first kappa shape index (κ1) is 15.3. The maximum Gasteiger partial charge on any atom is 0.146 e. The molecule has 1 nitrogen and oxygen atoms in total. The Morgan fingerprint density at radius 1 is 1.20 bits per heavy atom. The molecule has 0 spiro atoms. The molecule has 2 heteroatoms. The zero-order valence-electron chi connectivity index (χ0n) is 13.3. The average molecular weight is 277 g/mol. The number of anilines is 1. The van der Waals surface area contributed by atoms with Crippen LogP contribution in [0.25, 0.3) is 0 Å². The lowest BCUT2D eigenvalue weighted by molar-refractivity contribution is 0.147. The zero-order valence-corrected chi connectivity index (χ0v) is 13.3. The predicted octanol–water partition coefficient (Wildman–Crippen LogP) is 5.54. The summed E-state index contributed by atoms with van der Waals surface area (Å²) in [5.41, 5.74) is 2.14. The molecule has 0 atom stereocenters. The Morgan fingerprint density at radius 3 is 2.40 bits per heavy atom. The first-order chi connectivity index (χ1) is 9.44. The van der Waals surface area contributed by atoms with Crippen LogP contribution >= 0.6 is 0 Å². The van der Waals surface area contributed by atoms with E-state index in [2.05, 4.69) is 26.1 Å². The summed E-state index contributed by atoms with van der Waals surface area (Å²) in [5, 5.41) is 3.43. The van der Waals surface area contributed by atoms with E-state index in [1.807, 2.05) is 13.0 Å². The molecule has 0 unspecified atom stereocenters. The predicted molar refractivity (Wildman–Crippen MR) is 84.6 cm³/mol. The second-order valence-electron chi connectivity index (χ2n) is 6.97. The van der Waals surface area contributed by atoms with Crippen molar-refractivity contribution in [1.82, 2.24) is 0 Å². The van der Waals surface area contributed by atoms with Gasteiger partial charge in [0.15, 0.2) is 0 Å². The fraction of sp³-hybridized carbons (Fsp3) is 0.667. The van der Waals surface area contributed by atoms with Crippen molar-refractivity contribution >= 4 is 5.69 Å². The van der Waals surface area contributed by atoms with Gasteiger partial charge in [0.2, 0.25) is 0 Å². The standard InChI is InChI=1S/C18H28FN/c1-5-18(3,4)14-9-11-15(12-10-14)20-17-13(2)7-6-8-16(17)19/h6-8,14-15,20H,5,9-12H2,1-4H3. The minimum atomic E-state index is -0.124. The van der Waals surface area contributed by atoms with Gasteiger partial charge in [0.1, 0.15) is 5.82 Å². The molecule has 0 saturated heterocycles. The van der Waals surface area contributed by atoms with E-state index in [1.54, 1.807) is 12.1 Å². The van der Waals surface area contributed by atoms with Crippen LogP contribution < -0.4 is 5.32 Å². The van der Waals surface area contributed by atoms with Crippen molar-refractivity contribution in [1.29, 1.82) is 0 Å². The van der Waals surface area contributed by atoms with Crippen molar-refractivity contribution in [3.8, 4) is 0 Å². The van der Waals surface area contributed by atoms with Crippen LogP contribution in [0.15, 0.2) is 18.2 Å². The van der Waals surface area contributed by atoms with E-state index in [-0.39, 0.29) is 5.82 Å². The van der Waals surface area contributed by atoms with E-state index < -0.39 is 0 Å². The van der Waals surface area contributed by atoms with E-state index in [4.69, 9.17) is 0 Å². The molecule has 1 aliphatic carbocycles. The smallest absolute Gasteiger partial charge is 0.146 e. The molecular weight excluding hydrogens is 249 g/mol. The third kappa shape index (κ3) is 3.34. The average Bonchev–Trinajstić information content (AvgIpc) is 2.43. The third-order valence-electron chi connectivity index (χ3n) is 5.31. The summed E-state index contributed by atoms with van der Waals surface area (Å²) in [6.45, 7) is 9.02. The number of rotatable bonds is 4. The molecule has 1 saturated carbocycles. The second kappa shape index (κ2) is 6.15. The van der Waals surface area contributed by atoms with Crippen LogP contribution in [0, 0.1) is 24.1 Å². The van der Waals surface area contributed by atoms with Gasteiger partial charge in [-0.15, -0.1) is 0 Å². The summed E-state index contributed by atoms with van der Waals surface area (Å²) in [6, 6.07) is 5.71. The van der Waals surface area contributed by atoms with Crippen LogP contribution in [0.2, 0.25) is 0 Å². The van der Waals surface area contributed by atoms with Gasteiger partial charge in [0, 0.05) is 6.04 Å². The van der Waals surface area contributed by atoms with Crippen LogP contribution in [0.1, 0.15) is 58.4 Å². The highest BCUT2D eigenvalue weighted by Gasteiger charge is 2.31. The Hall–Kier alpha value is -1.05. The first-order valence-corrected chi connectivity index (χ1v) is 7.95. The van der Waals surface area contributed by atoms with E-state index in [0.29, 0.717) is 17.1 Å². The van der Waals surface area contributed by atoms with E-state index in [9.17, 15) is 4.39 Å². The normalized spacial score (nSPS) is 23.6. The zero-order chi connectivity index (χ0) is 14.8. The Bertz CT molecular complexity index is 424. The molecule has 0 aromatic heterocycles. The number of hydrogen-bond acceptors (Lipinski definition) is 1. The van der Waals surface area contributed by atoms with Crippen LogP contribution in [-0.4, -0.2) is 6.04 Å². The van der Waals surface area contributed by atoms with Crippen molar-refractivity contribution in [2.24, 2.45) is 11.3 Å². The molecule has 0 radical (unpaired) electrons. The number of para-hydroxylation sites is 1. The van der Waals surface area contributed by atoms with E-state index in [1.165, 1.54) is 19.3 Å². The summed E-state index contributed by atoms with van der Waals surface area (Å²) < 4.78 is 13.9. The lowest BCUT2D eigenvalue weighted by Crippen LogP contribution is -2.33. The first-order valence-electron chi connectivity index (χ1n) is 7.95. The van der Waals surface area contributed by atoms with E-state index >= 15 is 0 Å². The highest BCUT2D eigenvalue weighted by Crippen LogP contribution is 2.41. The summed E-state index contributed by atoms with van der Waals surface area (Å²) >= 11 is 0. The molecule has 0 bridgehead atoms. The minimum Gasteiger partial charge on any atom is -0.380 e. The summed E-state index contributed by atoms with van der Waals surface area (Å²) in [6.07, 6.45) is 6.06. The fourth-order valence-corrected chi connectivity index (χ4v) is 3.33. The van der Waals surface area contributed by atoms with Crippen molar-refractivity contribution in [3.63, 3.8) is 0 Å².